The largest absolute Gasteiger partial charge is 0.256 e. The van der Waals surface area contributed by atoms with Crippen LogP contribution in [0, 0.1) is 0 Å². The molecule has 0 unspecified atom stereocenters. The van der Waals surface area contributed by atoms with Crippen molar-refractivity contribution in [3.8, 4) is 0 Å². The molecule has 0 bridgehead atoms. The van der Waals surface area contributed by atoms with Crippen molar-refractivity contribution in [1.82, 2.24) is 4.98 Å². The van der Waals surface area contributed by atoms with Gasteiger partial charge in [-0.1, -0.05) is 48.5 Å². The maximum Gasteiger partial charge on any atom is 0.0708 e. The lowest BCUT2D eigenvalue weighted by atomic mass is 10.0. The van der Waals surface area contributed by atoms with Crippen molar-refractivity contribution in [3.05, 3.63) is 103 Å². The first kappa shape index (κ1) is 16.0. The molecule has 0 amide bonds. The number of benzene rings is 4. The fourth-order valence-electron chi connectivity index (χ4n) is 3.42. The summed E-state index contributed by atoms with van der Waals surface area (Å²) < 4.78 is 1.37. The van der Waals surface area contributed by atoms with Gasteiger partial charge >= 0.3 is 0 Å². The summed E-state index contributed by atoms with van der Waals surface area (Å²) in [5.41, 5.74) is 1.06. The molecular weight excluding hydrogens is 346 g/mol. The number of hydrogen-bond donors (Lipinski definition) is 0. The average Bonchev–Trinajstić information content (AvgIpc) is 3.20. The third-order valence-corrected chi connectivity index (χ3v) is 5.69. The lowest BCUT2D eigenvalue weighted by Gasteiger charge is -2.04. The topological polar surface area (TPSA) is 12.9 Å². The Hall–Kier alpha value is -3.23. The number of rotatable bonds is 0. The van der Waals surface area contributed by atoms with Crippen LogP contribution in [0.1, 0.15) is 0 Å². The van der Waals surface area contributed by atoms with Crippen LogP contribution in [0.5, 0.6) is 0 Å². The first-order chi connectivity index (χ1) is 13.4. The van der Waals surface area contributed by atoms with Gasteiger partial charge in [0.15, 0.2) is 0 Å². The molecule has 0 saturated carbocycles. The highest BCUT2D eigenvalue weighted by atomic mass is 32.1. The first-order valence-electron chi connectivity index (χ1n) is 8.96. The van der Waals surface area contributed by atoms with Gasteiger partial charge < -0.3 is 0 Å². The van der Waals surface area contributed by atoms with E-state index in [9.17, 15) is 0 Å². The smallest absolute Gasteiger partial charge is 0.0708 e. The van der Waals surface area contributed by atoms with E-state index in [0.29, 0.717) is 0 Å². The van der Waals surface area contributed by atoms with E-state index >= 15 is 0 Å². The van der Waals surface area contributed by atoms with E-state index in [1.165, 1.54) is 37.0 Å². The molecule has 2 heteroatoms. The summed E-state index contributed by atoms with van der Waals surface area (Å²) in [6.07, 6.45) is 1.84. The van der Waals surface area contributed by atoms with Crippen molar-refractivity contribution >= 4 is 53.9 Å². The number of pyridine rings is 1. The van der Waals surface area contributed by atoms with Crippen molar-refractivity contribution in [1.29, 1.82) is 0 Å². The summed E-state index contributed by atoms with van der Waals surface area (Å²) in [4.78, 5) is 4.41. The second kappa shape index (κ2) is 6.82. The highest BCUT2D eigenvalue weighted by Gasteiger charge is 2.00. The summed E-state index contributed by atoms with van der Waals surface area (Å²) in [5.74, 6) is 0. The monoisotopic (exact) mass is 363 g/mol. The zero-order chi connectivity index (χ0) is 18.1. The molecule has 1 nitrogen and oxygen atoms in total. The van der Waals surface area contributed by atoms with Gasteiger partial charge in [-0.15, -0.1) is 11.3 Å². The normalized spacial score (nSPS) is 11.0. The third kappa shape index (κ3) is 3.16. The maximum atomic E-state index is 4.41. The van der Waals surface area contributed by atoms with E-state index in [1.54, 1.807) is 11.3 Å². The molecule has 0 atom stereocenters. The Kier molecular flexibility index (Phi) is 4.04. The highest BCUT2D eigenvalue weighted by molar-refractivity contribution is 7.17. The second-order valence-electron chi connectivity index (χ2n) is 6.55. The second-order valence-corrected chi connectivity index (χ2v) is 7.50. The molecule has 27 heavy (non-hydrogen) atoms. The van der Waals surface area contributed by atoms with Crippen molar-refractivity contribution in [2.75, 3.05) is 0 Å². The van der Waals surface area contributed by atoms with Gasteiger partial charge in [0, 0.05) is 16.3 Å². The van der Waals surface area contributed by atoms with Gasteiger partial charge in [-0.25, -0.2) is 0 Å². The SMILES string of the molecule is c1ccc2cc3cc4ncccc4cc3cc2c1.c1ccc2sccc2c1. The van der Waals surface area contributed by atoms with Crippen molar-refractivity contribution in [2.24, 2.45) is 0 Å². The van der Waals surface area contributed by atoms with Gasteiger partial charge in [-0.2, -0.15) is 0 Å². The van der Waals surface area contributed by atoms with E-state index in [-0.39, 0.29) is 0 Å². The summed E-state index contributed by atoms with van der Waals surface area (Å²) in [6, 6.07) is 32.0. The molecular formula is C25H17NS. The zero-order valence-corrected chi connectivity index (χ0v) is 15.5. The minimum Gasteiger partial charge on any atom is -0.256 e. The minimum atomic E-state index is 1.06. The quantitative estimate of drug-likeness (QED) is 0.255. The number of thiophene rings is 1. The lowest BCUT2D eigenvalue weighted by Crippen LogP contribution is -1.80. The fourth-order valence-corrected chi connectivity index (χ4v) is 4.21. The van der Waals surface area contributed by atoms with E-state index in [4.69, 9.17) is 0 Å². The summed E-state index contributed by atoms with van der Waals surface area (Å²) in [6.45, 7) is 0. The number of nitrogens with zero attached hydrogens (tertiary/aromatic N) is 1. The molecule has 0 aliphatic carbocycles. The summed E-state index contributed by atoms with van der Waals surface area (Å²) in [5, 5.41) is 9.75. The average molecular weight is 363 g/mol. The molecule has 0 aliphatic rings. The van der Waals surface area contributed by atoms with E-state index in [0.717, 1.165) is 5.52 Å². The van der Waals surface area contributed by atoms with E-state index in [2.05, 4.69) is 95.3 Å². The van der Waals surface area contributed by atoms with Crippen LogP contribution in [0.3, 0.4) is 0 Å². The van der Waals surface area contributed by atoms with Gasteiger partial charge in [0.25, 0.3) is 0 Å². The molecule has 6 aromatic rings. The van der Waals surface area contributed by atoms with Crippen LogP contribution in [-0.4, -0.2) is 4.98 Å². The van der Waals surface area contributed by atoms with Crippen molar-refractivity contribution in [3.63, 3.8) is 0 Å². The number of fused-ring (bicyclic) bond motifs is 4. The predicted octanol–water partition coefficient (Wildman–Crippen LogP) is 7.44. The predicted molar refractivity (Wildman–Crippen MR) is 119 cm³/mol. The zero-order valence-electron chi connectivity index (χ0n) is 14.7. The lowest BCUT2D eigenvalue weighted by molar-refractivity contribution is 1.42. The van der Waals surface area contributed by atoms with Gasteiger partial charge in [0.2, 0.25) is 0 Å². The van der Waals surface area contributed by atoms with Gasteiger partial charge in [-0.3, -0.25) is 4.98 Å². The Morgan fingerprint density at radius 3 is 1.93 bits per heavy atom. The molecule has 6 rings (SSSR count). The van der Waals surface area contributed by atoms with Crippen LogP contribution in [0.2, 0.25) is 0 Å². The fraction of sp³-hybridized carbons (Fsp3) is 0. The standard InChI is InChI=1S/C17H11N.C8H6S/c1-2-5-13-9-16-11-17-14(6-3-7-18-17)10-15(16)8-12(13)4-1;1-2-4-8-7(3-1)5-6-9-8/h1-11H;1-6H. The molecule has 0 N–H and O–H groups in total. The Morgan fingerprint density at radius 2 is 1.15 bits per heavy atom. The molecule has 0 radical (unpaired) electrons. The molecule has 4 aromatic carbocycles. The third-order valence-electron chi connectivity index (χ3n) is 4.79. The van der Waals surface area contributed by atoms with Crippen LogP contribution >= 0.6 is 11.3 Å². The minimum absolute atomic E-state index is 1.06. The van der Waals surface area contributed by atoms with Crippen LogP contribution in [0.25, 0.3) is 42.5 Å². The highest BCUT2D eigenvalue weighted by Crippen LogP contribution is 2.26. The Bertz CT molecular complexity index is 1210. The van der Waals surface area contributed by atoms with Crippen LogP contribution < -0.4 is 0 Å². The molecule has 0 spiro atoms. The molecule has 128 valence electrons. The van der Waals surface area contributed by atoms with Crippen LogP contribution in [-0.2, 0) is 0 Å². The van der Waals surface area contributed by atoms with Gasteiger partial charge in [0.05, 0.1) is 5.52 Å². The Morgan fingerprint density at radius 1 is 0.519 bits per heavy atom. The van der Waals surface area contributed by atoms with Crippen molar-refractivity contribution < 1.29 is 0 Å². The summed E-state index contributed by atoms with van der Waals surface area (Å²) >= 11 is 1.79. The molecule has 0 fully saturated rings. The number of hydrogen-bond acceptors (Lipinski definition) is 2. The van der Waals surface area contributed by atoms with Gasteiger partial charge in [0.1, 0.15) is 0 Å². The van der Waals surface area contributed by atoms with E-state index in [1.807, 2.05) is 12.3 Å². The van der Waals surface area contributed by atoms with Crippen molar-refractivity contribution in [2.45, 2.75) is 0 Å². The maximum absolute atomic E-state index is 4.41. The summed E-state index contributed by atoms with van der Waals surface area (Å²) in [7, 11) is 0. The first-order valence-corrected chi connectivity index (χ1v) is 9.84. The van der Waals surface area contributed by atoms with E-state index < -0.39 is 0 Å². The Balaban J connectivity index is 0.000000149. The Labute approximate surface area is 161 Å². The molecule has 0 aliphatic heterocycles. The molecule has 0 saturated heterocycles. The number of aromatic nitrogens is 1. The van der Waals surface area contributed by atoms with Crippen LogP contribution in [0.15, 0.2) is 103 Å². The molecule has 2 heterocycles. The van der Waals surface area contributed by atoms with Crippen LogP contribution in [0.4, 0.5) is 0 Å². The molecule has 2 aromatic heterocycles. The van der Waals surface area contributed by atoms with Gasteiger partial charge in [-0.05, 0) is 74.8 Å².